The third kappa shape index (κ3) is 2.90. The molecule has 1 aromatic heterocycles. The first-order valence-electron chi connectivity index (χ1n) is 10.2. The van der Waals surface area contributed by atoms with E-state index >= 15 is 0 Å². The second-order valence-electron chi connectivity index (χ2n) is 7.75. The highest BCUT2D eigenvalue weighted by Crippen LogP contribution is 2.33. The smallest absolute Gasteiger partial charge is 0.335 e. The molecule has 0 atom stereocenters. The Balaban J connectivity index is 1.41. The van der Waals surface area contributed by atoms with Crippen LogP contribution < -0.4 is 4.90 Å². The summed E-state index contributed by atoms with van der Waals surface area (Å²) in [4.78, 5) is 42.8. The molecule has 1 aliphatic rings. The summed E-state index contributed by atoms with van der Waals surface area (Å²) < 4.78 is 5.97. The molecule has 2 heterocycles. The Morgan fingerprint density at radius 1 is 0.818 bits per heavy atom. The topological polar surface area (TPSA) is 101 Å². The van der Waals surface area contributed by atoms with E-state index in [1.165, 1.54) is 18.2 Å². The van der Waals surface area contributed by atoms with Crippen LogP contribution in [0.25, 0.3) is 33.3 Å². The van der Waals surface area contributed by atoms with Gasteiger partial charge >= 0.3 is 5.97 Å². The van der Waals surface area contributed by atoms with Crippen molar-refractivity contribution in [3.63, 3.8) is 0 Å². The molecular weight excluding hydrogens is 420 g/mol. The molecule has 4 aromatic carbocycles. The number of rotatable bonds is 3. The Bertz CT molecular complexity index is 1600. The lowest BCUT2D eigenvalue weighted by atomic mass is 10.1. The van der Waals surface area contributed by atoms with E-state index in [0.717, 1.165) is 15.7 Å². The minimum Gasteiger partial charge on any atom is -0.478 e. The Hall–Kier alpha value is -4.78. The highest BCUT2D eigenvalue weighted by molar-refractivity contribution is 6.34. The minimum atomic E-state index is -1.16. The summed E-state index contributed by atoms with van der Waals surface area (Å²) in [6.07, 6.45) is 0. The van der Waals surface area contributed by atoms with Crippen LogP contribution in [0.5, 0.6) is 0 Å². The summed E-state index contributed by atoms with van der Waals surface area (Å²) in [6, 6.07) is 22.5. The Kier molecular flexibility index (Phi) is 3.94. The Labute approximate surface area is 186 Å². The molecule has 0 unspecified atom stereocenters. The number of aromatic carboxylic acids is 1. The minimum absolute atomic E-state index is 0.0515. The maximum Gasteiger partial charge on any atom is 0.335 e. The van der Waals surface area contributed by atoms with Crippen molar-refractivity contribution in [2.75, 3.05) is 4.90 Å². The summed E-state index contributed by atoms with van der Waals surface area (Å²) in [5.41, 5.74) is 2.48. The zero-order valence-electron chi connectivity index (χ0n) is 17.0. The van der Waals surface area contributed by atoms with Crippen LogP contribution in [0, 0.1) is 0 Å². The van der Waals surface area contributed by atoms with Crippen LogP contribution >= 0.6 is 0 Å². The number of imide groups is 1. The van der Waals surface area contributed by atoms with E-state index in [4.69, 9.17) is 4.42 Å². The molecule has 5 aromatic rings. The van der Waals surface area contributed by atoms with Crippen molar-refractivity contribution in [2.45, 2.75) is 0 Å². The number of benzene rings is 4. The van der Waals surface area contributed by atoms with Crippen LogP contribution in [0.2, 0.25) is 0 Å². The first-order chi connectivity index (χ1) is 16.0. The van der Waals surface area contributed by atoms with E-state index < -0.39 is 17.8 Å². The van der Waals surface area contributed by atoms with Crippen molar-refractivity contribution < 1.29 is 23.9 Å². The number of carbonyl (C=O) groups excluding carboxylic acids is 2. The molecule has 0 saturated carbocycles. The standard InChI is InChI=1S/C26H14N2O5/c29-24-19-9-8-17(26(31)32)11-20(19)25(30)28(24)18-7-3-6-16(10-18)23-27-21-12-14-4-1-2-5-15(14)13-22(21)33-23/h1-13H,(H,31,32). The van der Waals surface area contributed by atoms with Crippen molar-refractivity contribution in [3.8, 4) is 11.5 Å². The summed E-state index contributed by atoms with van der Waals surface area (Å²) >= 11 is 0. The predicted molar refractivity (Wildman–Crippen MR) is 121 cm³/mol. The average molecular weight is 434 g/mol. The summed E-state index contributed by atoms with van der Waals surface area (Å²) in [7, 11) is 0. The molecule has 1 aliphatic heterocycles. The molecule has 0 fully saturated rings. The quantitative estimate of drug-likeness (QED) is 0.394. The van der Waals surface area contributed by atoms with E-state index in [1.807, 2.05) is 36.4 Å². The Morgan fingerprint density at radius 2 is 1.58 bits per heavy atom. The normalized spacial score (nSPS) is 13.2. The molecule has 0 aliphatic carbocycles. The number of hydrogen-bond donors (Lipinski definition) is 1. The van der Waals surface area contributed by atoms with Crippen LogP contribution in [-0.4, -0.2) is 27.9 Å². The highest BCUT2D eigenvalue weighted by atomic mass is 16.4. The zero-order valence-corrected chi connectivity index (χ0v) is 17.0. The SMILES string of the molecule is O=C(O)c1ccc2c(c1)C(=O)N(c1cccc(-c3nc4cc5ccccc5cc4o3)c1)C2=O. The van der Waals surface area contributed by atoms with Crippen molar-refractivity contribution in [2.24, 2.45) is 0 Å². The number of amides is 2. The molecule has 2 amide bonds. The predicted octanol–water partition coefficient (Wildman–Crippen LogP) is 5.15. The van der Waals surface area contributed by atoms with Gasteiger partial charge in [-0.15, -0.1) is 0 Å². The van der Waals surface area contributed by atoms with Crippen LogP contribution in [0.1, 0.15) is 31.1 Å². The number of hydrogen-bond acceptors (Lipinski definition) is 5. The molecular formula is C26H14N2O5. The molecule has 7 nitrogen and oxygen atoms in total. The third-order valence-electron chi connectivity index (χ3n) is 5.74. The van der Waals surface area contributed by atoms with Gasteiger partial charge in [0.25, 0.3) is 11.8 Å². The van der Waals surface area contributed by atoms with Gasteiger partial charge in [0.2, 0.25) is 5.89 Å². The van der Waals surface area contributed by atoms with E-state index in [-0.39, 0.29) is 16.7 Å². The third-order valence-corrected chi connectivity index (χ3v) is 5.74. The van der Waals surface area contributed by atoms with Gasteiger partial charge in [-0.2, -0.15) is 0 Å². The molecule has 1 N–H and O–H groups in total. The van der Waals surface area contributed by atoms with E-state index in [9.17, 15) is 19.5 Å². The van der Waals surface area contributed by atoms with Gasteiger partial charge in [-0.1, -0.05) is 30.3 Å². The summed E-state index contributed by atoms with van der Waals surface area (Å²) in [5, 5.41) is 11.3. The monoisotopic (exact) mass is 434 g/mol. The van der Waals surface area contributed by atoms with E-state index in [1.54, 1.807) is 24.3 Å². The lowest BCUT2D eigenvalue weighted by Crippen LogP contribution is -2.29. The van der Waals surface area contributed by atoms with Crippen molar-refractivity contribution in [1.29, 1.82) is 0 Å². The molecule has 0 radical (unpaired) electrons. The van der Waals surface area contributed by atoms with Gasteiger partial charge in [-0.3, -0.25) is 9.59 Å². The Morgan fingerprint density at radius 3 is 2.36 bits per heavy atom. The number of oxazole rings is 1. The fourth-order valence-corrected chi connectivity index (χ4v) is 4.12. The fraction of sp³-hybridized carbons (Fsp3) is 0. The van der Waals surface area contributed by atoms with Gasteiger partial charge in [0.1, 0.15) is 5.52 Å². The lowest BCUT2D eigenvalue weighted by molar-refractivity contribution is 0.0696. The number of fused-ring (bicyclic) bond motifs is 3. The van der Waals surface area contributed by atoms with Crippen molar-refractivity contribution >= 4 is 45.3 Å². The molecule has 6 rings (SSSR count). The van der Waals surface area contributed by atoms with Crippen LogP contribution in [0.3, 0.4) is 0 Å². The molecule has 0 bridgehead atoms. The van der Waals surface area contributed by atoms with Gasteiger partial charge in [0, 0.05) is 5.56 Å². The van der Waals surface area contributed by atoms with Crippen molar-refractivity contribution in [3.05, 3.63) is 95.6 Å². The molecule has 7 heteroatoms. The molecule has 33 heavy (non-hydrogen) atoms. The first kappa shape index (κ1) is 18.9. The van der Waals surface area contributed by atoms with Gasteiger partial charge in [-0.25, -0.2) is 14.7 Å². The second kappa shape index (κ2) is 6.86. The lowest BCUT2D eigenvalue weighted by Gasteiger charge is -2.14. The van der Waals surface area contributed by atoms with Gasteiger partial charge < -0.3 is 9.52 Å². The first-order valence-corrected chi connectivity index (χ1v) is 10.2. The molecule has 0 saturated heterocycles. The second-order valence-corrected chi connectivity index (χ2v) is 7.75. The van der Waals surface area contributed by atoms with E-state index in [0.29, 0.717) is 28.2 Å². The summed E-state index contributed by atoms with van der Waals surface area (Å²) in [6.45, 7) is 0. The van der Waals surface area contributed by atoms with Crippen LogP contribution in [0.4, 0.5) is 5.69 Å². The number of carboxylic acid groups (broad SMARTS) is 1. The number of carbonyl (C=O) groups is 3. The van der Waals surface area contributed by atoms with E-state index in [2.05, 4.69) is 4.98 Å². The number of anilines is 1. The maximum absolute atomic E-state index is 13.0. The largest absolute Gasteiger partial charge is 0.478 e. The van der Waals surface area contributed by atoms with Gasteiger partial charge in [0.05, 0.1) is 22.4 Å². The fourth-order valence-electron chi connectivity index (χ4n) is 4.12. The molecule has 158 valence electrons. The average Bonchev–Trinajstić information content (AvgIpc) is 3.35. The maximum atomic E-state index is 13.0. The number of carboxylic acids is 1. The zero-order chi connectivity index (χ0) is 22.7. The summed E-state index contributed by atoms with van der Waals surface area (Å²) in [5.74, 6) is -1.87. The van der Waals surface area contributed by atoms with Gasteiger partial charge in [0.15, 0.2) is 5.58 Å². The van der Waals surface area contributed by atoms with Gasteiger partial charge in [-0.05, 0) is 59.3 Å². The van der Waals surface area contributed by atoms with Crippen LogP contribution in [-0.2, 0) is 0 Å². The number of aromatic nitrogens is 1. The van der Waals surface area contributed by atoms with Crippen molar-refractivity contribution in [1.82, 2.24) is 4.98 Å². The molecule has 0 spiro atoms. The highest BCUT2D eigenvalue weighted by Gasteiger charge is 2.37. The van der Waals surface area contributed by atoms with Crippen LogP contribution in [0.15, 0.2) is 83.3 Å². The number of nitrogens with zero attached hydrogens (tertiary/aromatic N) is 2.